The van der Waals surface area contributed by atoms with Crippen LogP contribution in [0.3, 0.4) is 0 Å². The second kappa shape index (κ2) is 18.4. The lowest BCUT2D eigenvalue weighted by Crippen LogP contribution is -2.09. The molecule has 1 heterocycles. The van der Waals surface area contributed by atoms with E-state index in [2.05, 4.69) is 276 Å². The smallest absolute Gasteiger partial charge is 0.0485 e. The molecule has 9 rings (SSSR count). The van der Waals surface area contributed by atoms with E-state index in [1.54, 1.807) is 0 Å². The highest BCUT2D eigenvalue weighted by Gasteiger charge is 2.14. The van der Waals surface area contributed by atoms with Crippen LogP contribution in [0.1, 0.15) is 29.2 Å². The van der Waals surface area contributed by atoms with E-state index in [0.717, 1.165) is 51.8 Å². The summed E-state index contributed by atoms with van der Waals surface area (Å²) in [6, 6.07) is 81.8. The Morgan fingerprint density at radius 1 is 0.295 bits per heavy atom. The van der Waals surface area contributed by atoms with E-state index < -0.39 is 0 Å². The van der Waals surface area contributed by atoms with E-state index in [-0.39, 0.29) is 0 Å². The predicted octanol–water partition coefficient (Wildman–Crippen LogP) is 16.1. The van der Waals surface area contributed by atoms with Crippen molar-refractivity contribution in [1.82, 2.24) is 4.57 Å². The first-order chi connectivity index (χ1) is 30.2. The Morgan fingerprint density at radius 3 is 0.803 bits per heavy atom. The molecule has 294 valence electrons. The van der Waals surface area contributed by atoms with E-state index in [1.165, 1.54) is 33.6 Å². The number of hydrogen-bond acceptors (Lipinski definition) is 2. The van der Waals surface area contributed by atoms with Crippen LogP contribution in [-0.2, 0) is 6.54 Å². The van der Waals surface area contributed by atoms with Gasteiger partial charge in [-0.3, -0.25) is 0 Å². The normalized spacial score (nSPS) is 11.3. The largest absolute Gasteiger partial charge is 0.341 e. The maximum absolute atomic E-state index is 2.40. The average molecular weight is 786 g/mol. The van der Waals surface area contributed by atoms with Crippen LogP contribution in [0.4, 0.5) is 34.1 Å². The summed E-state index contributed by atoms with van der Waals surface area (Å²) in [5.74, 6) is 0. The van der Waals surface area contributed by atoms with Crippen LogP contribution in [0.2, 0.25) is 0 Å². The Morgan fingerprint density at radius 2 is 0.541 bits per heavy atom. The lowest BCUT2D eigenvalue weighted by Gasteiger charge is -2.25. The van der Waals surface area contributed by atoms with Gasteiger partial charge in [-0.25, -0.2) is 0 Å². The zero-order chi connectivity index (χ0) is 41.2. The van der Waals surface area contributed by atoms with Crippen LogP contribution in [0.15, 0.2) is 231 Å². The number of aromatic nitrogens is 1. The Labute approximate surface area is 360 Å². The molecule has 1 aromatic heterocycles. The lowest BCUT2D eigenvalue weighted by atomic mass is 10.1. The van der Waals surface area contributed by atoms with Gasteiger partial charge < -0.3 is 14.4 Å². The Bertz CT molecular complexity index is 2550. The van der Waals surface area contributed by atoms with Gasteiger partial charge in [0.25, 0.3) is 0 Å². The summed E-state index contributed by atoms with van der Waals surface area (Å²) in [6.07, 6.45) is 8.74. The molecule has 61 heavy (non-hydrogen) atoms. The van der Waals surface area contributed by atoms with Gasteiger partial charge in [-0.05, 0) is 125 Å². The van der Waals surface area contributed by atoms with Crippen LogP contribution >= 0.6 is 0 Å². The van der Waals surface area contributed by atoms with E-state index in [4.69, 9.17) is 0 Å². The van der Waals surface area contributed by atoms with Crippen molar-refractivity contribution in [2.45, 2.75) is 13.5 Å². The van der Waals surface area contributed by atoms with Crippen molar-refractivity contribution in [2.75, 3.05) is 9.80 Å². The molecule has 0 spiro atoms. The number of rotatable bonds is 13. The molecule has 8 aromatic carbocycles. The molecule has 3 heteroatoms. The predicted molar refractivity (Wildman–Crippen MR) is 261 cm³/mol. The van der Waals surface area contributed by atoms with Crippen molar-refractivity contribution in [3.05, 3.63) is 253 Å². The number of hydrogen-bond donors (Lipinski definition) is 0. The monoisotopic (exact) mass is 785 g/mol. The average Bonchev–Trinajstić information content (AvgIpc) is 3.77. The molecule has 0 saturated carbocycles. The minimum Gasteiger partial charge on any atom is -0.341 e. The highest BCUT2D eigenvalue weighted by molar-refractivity contribution is 5.80. The van der Waals surface area contributed by atoms with Crippen LogP contribution in [-0.4, -0.2) is 4.57 Å². The van der Waals surface area contributed by atoms with Crippen molar-refractivity contribution in [3.63, 3.8) is 0 Å². The Kier molecular flexibility index (Phi) is 11.6. The fourth-order valence-corrected chi connectivity index (χ4v) is 7.90. The van der Waals surface area contributed by atoms with Gasteiger partial charge in [0.1, 0.15) is 0 Å². The van der Waals surface area contributed by atoms with E-state index in [0.29, 0.717) is 0 Å². The van der Waals surface area contributed by atoms with Crippen LogP contribution in [0.5, 0.6) is 0 Å². The number of nitrogens with zero attached hydrogens (tertiary/aromatic N) is 3. The van der Waals surface area contributed by atoms with E-state index in [9.17, 15) is 0 Å². The molecule has 0 aliphatic carbocycles. The zero-order valence-electron chi connectivity index (χ0n) is 34.3. The van der Waals surface area contributed by atoms with Crippen LogP contribution in [0.25, 0.3) is 46.8 Å². The number of anilines is 6. The molecule has 0 aliphatic heterocycles. The quantitative estimate of drug-likeness (QED) is 0.108. The van der Waals surface area contributed by atoms with Gasteiger partial charge in [-0.1, -0.05) is 170 Å². The Balaban J connectivity index is 0.857. The van der Waals surface area contributed by atoms with Crippen molar-refractivity contribution in [2.24, 2.45) is 0 Å². The van der Waals surface area contributed by atoms with Crippen molar-refractivity contribution in [1.29, 1.82) is 0 Å². The zero-order valence-corrected chi connectivity index (χ0v) is 34.3. The second-order valence-electron chi connectivity index (χ2n) is 15.0. The van der Waals surface area contributed by atoms with Gasteiger partial charge in [0.05, 0.1) is 0 Å². The molecule has 0 amide bonds. The topological polar surface area (TPSA) is 11.4 Å². The second-order valence-corrected chi connectivity index (χ2v) is 15.0. The minimum absolute atomic E-state index is 0.880. The fourth-order valence-electron chi connectivity index (χ4n) is 7.90. The molecule has 0 saturated heterocycles. The Hall–Kier alpha value is -7.88. The molecule has 9 aromatic rings. The van der Waals surface area contributed by atoms with Crippen LogP contribution in [0, 0.1) is 0 Å². The summed E-state index contributed by atoms with van der Waals surface area (Å²) in [6.45, 7) is 3.10. The SMILES string of the molecule is CCn1c(-c2ccc(/C=C/c3ccc(N(c4ccccc4)c4ccccc4)cc3)cc2)ccc1-c1ccc(/C=C/c2ccc(N(c3ccccc3)c3ccccc3)cc2)cc1. The number of para-hydroxylation sites is 4. The summed E-state index contributed by atoms with van der Waals surface area (Å²) < 4.78 is 2.40. The summed E-state index contributed by atoms with van der Waals surface area (Å²) in [5, 5.41) is 0. The molecule has 0 N–H and O–H groups in total. The number of benzene rings is 8. The summed E-state index contributed by atoms with van der Waals surface area (Å²) in [7, 11) is 0. The molecule has 0 aliphatic rings. The van der Waals surface area contributed by atoms with E-state index in [1.807, 2.05) is 0 Å². The maximum Gasteiger partial charge on any atom is 0.0485 e. The molecular weight excluding hydrogens is 739 g/mol. The third-order valence-electron chi connectivity index (χ3n) is 11.0. The molecule has 0 unspecified atom stereocenters. The van der Waals surface area contributed by atoms with Crippen LogP contribution < -0.4 is 9.80 Å². The molecule has 0 radical (unpaired) electrons. The molecular formula is C58H47N3. The van der Waals surface area contributed by atoms with Crippen molar-refractivity contribution >= 4 is 58.4 Å². The minimum atomic E-state index is 0.880. The highest BCUT2D eigenvalue weighted by Crippen LogP contribution is 2.36. The highest BCUT2D eigenvalue weighted by atomic mass is 15.1. The van der Waals surface area contributed by atoms with Gasteiger partial charge in [0, 0.05) is 52.1 Å². The molecule has 0 atom stereocenters. The summed E-state index contributed by atoms with van der Waals surface area (Å²) in [4.78, 5) is 4.57. The standard InChI is InChI=1S/C58H47N3/c1-2-59-57(49-35-27-45(28-36-49)23-25-47-31-39-55(40-32-47)60(51-15-7-3-8-16-51)52-17-9-4-10-18-52)43-44-58(59)50-37-29-46(30-38-50)24-26-48-33-41-56(42-34-48)61(53-19-11-5-12-20-53)54-21-13-6-14-22-54/h3-44H,2H2,1H3/b25-23+,26-24+. The van der Waals surface area contributed by atoms with Gasteiger partial charge in [0.15, 0.2) is 0 Å². The van der Waals surface area contributed by atoms with Crippen molar-refractivity contribution < 1.29 is 0 Å². The van der Waals surface area contributed by atoms with Gasteiger partial charge in [-0.15, -0.1) is 0 Å². The van der Waals surface area contributed by atoms with Gasteiger partial charge in [-0.2, -0.15) is 0 Å². The van der Waals surface area contributed by atoms with Gasteiger partial charge in [0.2, 0.25) is 0 Å². The first-order valence-corrected chi connectivity index (χ1v) is 21.0. The molecule has 0 fully saturated rings. The lowest BCUT2D eigenvalue weighted by molar-refractivity contribution is 0.785. The first kappa shape index (κ1) is 38.6. The third-order valence-corrected chi connectivity index (χ3v) is 11.0. The summed E-state index contributed by atoms with van der Waals surface area (Å²) in [5.41, 5.74) is 16.3. The van der Waals surface area contributed by atoms with E-state index >= 15 is 0 Å². The summed E-state index contributed by atoms with van der Waals surface area (Å²) >= 11 is 0. The fraction of sp³-hybridized carbons (Fsp3) is 0.0345. The van der Waals surface area contributed by atoms with Gasteiger partial charge >= 0.3 is 0 Å². The third kappa shape index (κ3) is 8.92. The van der Waals surface area contributed by atoms with Crippen molar-refractivity contribution in [3.8, 4) is 22.5 Å². The molecule has 0 bridgehead atoms. The first-order valence-electron chi connectivity index (χ1n) is 21.0. The maximum atomic E-state index is 2.40. The molecule has 3 nitrogen and oxygen atoms in total.